The molecule has 134 valence electrons. The van der Waals surface area contributed by atoms with Gasteiger partial charge in [-0.15, -0.1) is 0 Å². The highest BCUT2D eigenvalue weighted by atomic mass is 16.5. The number of carbonyl (C=O) groups is 1. The number of hydrogen-bond acceptors (Lipinski definition) is 3. The van der Waals surface area contributed by atoms with Crippen molar-refractivity contribution in [2.45, 2.75) is 70.9 Å². The van der Waals surface area contributed by atoms with E-state index in [9.17, 15) is 9.90 Å². The second-order valence-corrected chi connectivity index (χ2v) is 7.53. The molecule has 2 amide bonds. The minimum absolute atomic E-state index is 0.108. The second kappa shape index (κ2) is 7.99. The molecule has 2 atom stereocenters. The van der Waals surface area contributed by atoms with Crippen LogP contribution in [0.25, 0.3) is 0 Å². The monoisotopic (exact) mass is 334 g/mol. The van der Waals surface area contributed by atoms with Gasteiger partial charge in [-0.25, -0.2) is 4.79 Å². The van der Waals surface area contributed by atoms with E-state index in [0.717, 1.165) is 18.4 Å². The lowest BCUT2D eigenvalue weighted by atomic mass is 10.00. The molecular formula is C19H30N2O3. The Hall–Kier alpha value is -1.59. The Morgan fingerprint density at radius 3 is 2.38 bits per heavy atom. The summed E-state index contributed by atoms with van der Waals surface area (Å²) in [7, 11) is 0. The lowest BCUT2D eigenvalue weighted by Crippen LogP contribution is -2.51. The van der Waals surface area contributed by atoms with Gasteiger partial charge in [-0.3, -0.25) is 0 Å². The van der Waals surface area contributed by atoms with Crippen LogP contribution in [0.5, 0.6) is 0 Å². The maximum absolute atomic E-state index is 12.8. The average molecular weight is 334 g/mol. The maximum Gasteiger partial charge on any atom is 0.318 e. The van der Waals surface area contributed by atoms with Crippen LogP contribution in [-0.4, -0.2) is 46.4 Å². The number of carbonyl (C=O) groups excluding carboxylic acids is 1. The van der Waals surface area contributed by atoms with E-state index in [0.29, 0.717) is 6.54 Å². The van der Waals surface area contributed by atoms with Crippen molar-refractivity contribution in [1.29, 1.82) is 0 Å². The van der Waals surface area contributed by atoms with E-state index in [1.165, 1.54) is 0 Å². The summed E-state index contributed by atoms with van der Waals surface area (Å²) in [5.74, 6) is 0. The predicted molar refractivity (Wildman–Crippen MR) is 94.7 cm³/mol. The summed E-state index contributed by atoms with van der Waals surface area (Å²) in [6.45, 7) is 8.27. The highest BCUT2D eigenvalue weighted by Crippen LogP contribution is 2.20. The zero-order valence-electron chi connectivity index (χ0n) is 15.2. The van der Waals surface area contributed by atoms with E-state index < -0.39 is 5.60 Å². The van der Waals surface area contributed by atoms with Crippen molar-refractivity contribution in [2.75, 3.05) is 6.54 Å². The normalized spacial score (nSPS) is 24.5. The largest absolute Gasteiger partial charge is 0.389 e. The molecule has 0 aliphatic carbocycles. The molecule has 0 radical (unpaired) electrons. The maximum atomic E-state index is 12.8. The van der Waals surface area contributed by atoms with Gasteiger partial charge >= 0.3 is 6.03 Å². The Labute approximate surface area is 145 Å². The molecule has 24 heavy (non-hydrogen) atoms. The highest BCUT2D eigenvalue weighted by molar-refractivity contribution is 5.74. The fourth-order valence-electron chi connectivity index (χ4n) is 3.26. The van der Waals surface area contributed by atoms with Crippen molar-refractivity contribution < 1.29 is 14.6 Å². The molecule has 1 aliphatic heterocycles. The highest BCUT2D eigenvalue weighted by Gasteiger charge is 2.28. The number of aliphatic hydroxyl groups is 1. The molecule has 1 aromatic rings. The number of amides is 2. The van der Waals surface area contributed by atoms with Gasteiger partial charge < -0.3 is 20.1 Å². The number of rotatable bonds is 5. The predicted octanol–water partition coefficient (Wildman–Crippen LogP) is 2.93. The van der Waals surface area contributed by atoms with Crippen LogP contribution in [0.3, 0.4) is 0 Å². The summed E-state index contributed by atoms with van der Waals surface area (Å²) in [6, 6.07) is 9.82. The molecule has 1 aliphatic rings. The third-order valence-electron chi connectivity index (χ3n) is 4.11. The summed E-state index contributed by atoms with van der Waals surface area (Å²) in [5.41, 5.74) is 0.105. The number of hydrogen-bond donors (Lipinski definition) is 2. The average Bonchev–Trinajstić information content (AvgIpc) is 2.45. The van der Waals surface area contributed by atoms with Crippen molar-refractivity contribution in [2.24, 2.45) is 0 Å². The molecule has 2 rings (SSSR count). The molecule has 0 spiro atoms. The van der Waals surface area contributed by atoms with Crippen molar-refractivity contribution in [3.63, 3.8) is 0 Å². The Kier molecular flexibility index (Phi) is 6.24. The Morgan fingerprint density at radius 1 is 1.25 bits per heavy atom. The summed E-state index contributed by atoms with van der Waals surface area (Å²) in [5, 5.41) is 13.3. The fraction of sp³-hybridized carbons (Fsp3) is 0.632. The van der Waals surface area contributed by atoms with E-state index in [2.05, 4.69) is 5.32 Å². The number of benzene rings is 1. The van der Waals surface area contributed by atoms with Crippen LogP contribution in [-0.2, 0) is 11.3 Å². The third kappa shape index (κ3) is 6.13. The Bertz CT molecular complexity index is 517. The molecule has 5 nitrogen and oxygen atoms in total. The molecule has 1 aromatic carbocycles. The molecular weight excluding hydrogens is 304 g/mol. The van der Waals surface area contributed by atoms with Crippen LogP contribution in [0.2, 0.25) is 0 Å². The summed E-state index contributed by atoms with van der Waals surface area (Å²) >= 11 is 0. The quantitative estimate of drug-likeness (QED) is 0.870. The zero-order chi connectivity index (χ0) is 17.7. The molecule has 1 heterocycles. The molecule has 0 bridgehead atoms. The summed E-state index contributed by atoms with van der Waals surface area (Å²) in [4.78, 5) is 14.5. The van der Waals surface area contributed by atoms with Crippen LogP contribution in [0.15, 0.2) is 30.3 Å². The second-order valence-electron chi connectivity index (χ2n) is 7.53. The molecule has 5 heteroatoms. The van der Waals surface area contributed by atoms with Gasteiger partial charge in [0.15, 0.2) is 0 Å². The van der Waals surface area contributed by atoms with E-state index >= 15 is 0 Å². The van der Waals surface area contributed by atoms with Gasteiger partial charge in [0.1, 0.15) is 0 Å². The third-order valence-corrected chi connectivity index (χ3v) is 4.11. The van der Waals surface area contributed by atoms with Gasteiger partial charge in [0.2, 0.25) is 0 Å². The lowest BCUT2D eigenvalue weighted by molar-refractivity contribution is -0.0412. The lowest BCUT2D eigenvalue weighted by Gasteiger charge is -2.35. The summed E-state index contributed by atoms with van der Waals surface area (Å²) in [6.07, 6.45) is 1.93. The number of nitrogens with zero attached hydrogens (tertiary/aromatic N) is 1. The molecule has 1 fully saturated rings. The van der Waals surface area contributed by atoms with Crippen molar-refractivity contribution in [1.82, 2.24) is 10.2 Å². The molecule has 1 saturated heterocycles. The first-order valence-electron chi connectivity index (χ1n) is 8.70. The minimum Gasteiger partial charge on any atom is -0.389 e. The van der Waals surface area contributed by atoms with Gasteiger partial charge in [-0.2, -0.15) is 0 Å². The van der Waals surface area contributed by atoms with Gasteiger partial charge in [0.05, 0.1) is 24.4 Å². The van der Waals surface area contributed by atoms with Gasteiger partial charge in [-0.05, 0) is 46.1 Å². The zero-order valence-corrected chi connectivity index (χ0v) is 15.2. The topological polar surface area (TPSA) is 61.8 Å². The Balaban J connectivity index is 2.03. The van der Waals surface area contributed by atoms with Gasteiger partial charge in [-0.1, -0.05) is 30.3 Å². The van der Waals surface area contributed by atoms with Crippen LogP contribution in [0, 0.1) is 0 Å². The van der Waals surface area contributed by atoms with Crippen molar-refractivity contribution in [3.05, 3.63) is 35.9 Å². The van der Waals surface area contributed by atoms with E-state index in [4.69, 9.17) is 4.74 Å². The van der Waals surface area contributed by atoms with Gasteiger partial charge in [0, 0.05) is 12.6 Å². The number of urea groups is 1. The van der Waals surface area contributed by atoms with E-state index in [-0.39, 0.29) is 30.8 Å². The standard InChI is InChI=1S/C19H30N2O3/c1-14-10-17(11-15(2)24-14)20-18(22)21(13-19(3,4)23)12-16-8-6-5-7-9-16/h5-9,14-15,17,23H,10-13H2,1-4H3,(H,20,22). The van der Waals surface area contributed by atoms with Gasteiger partial charge in [0.25, 0.3) is 0 Å². The SMILES string of the molecule is CC1CC(NC(=O)N(Cc2ccccc2)CC(C)(C)O)CC(C)O1. The Morgan fingerprint density at radius 2 is 1.83 bits per heavy atom. The first-order chi connectivity index (χ1) is 11.2. The first kappa shape index (κ1) is 18.7. The molecule has 0 saturated carbocycles. The first-order valence-corrected chi connectivity index (χ1v) is 8.70. The fourth-order valence-corrected chi connectivity index (χ4v) is 3.26. The summed E-state index contributed by atoms with van der Waals surface area (Å²) < 4.78 is 5.73. The molecule has 2 N–H and O–H groups in total. The van der Waals surface area contributed by atoms with E-state index in [1.54, 1.807) is 18.7 Å². The van der Waals surface area contributed by atoms with Crippen LogP contribution >= 0.6 is 0 Å². The molecule has 2 unspecified atom stereocenters. The molecule has 0 aromatic heterocycles. The number of ether oxygens (including phenoxy) is 1. The smallest absolute Gasteiger partial charge is 0.318 e. The van der Waals surface area contributed by atoms with E-state index in [1.807, 2.05) is 44.2 Å². The van der Waals surface area contributed by atoms with Crippen molar-refractivity contribution >= 4 is 6.03 Å². The van der Waals surface area contributed by atoms with Crippen LogP contribution < -0.4 is 5.32 Å². The number of nitrogens with one attached hydrogen (secondary N) is 1. The van der Waals surface area contributed by atoms with Crippen molar-refractivity contribution in [3.8, 4) is 0 Å². The van der Waals surface area contributed by atoms with Crippen LogP contribution in [0.1, 0.15) is 46.1 Å². The van der Waals surface area contributed by atoms with Crippen LogP contribution in [0.4, 0.5) is 4.79 Å². The minimum atomic E-state index is -0.942.